The average Bonchev–Trinajstić information content (AvgIpc) is 2.54. The van der Waals surface area contributed by atoms with Crippen LogP contribution in [0, 0.1) is 0 Å². The highest BCUT2D eigenvalue weighted by atomic mass is 16.2. The van der Waals surface area contributed by atoms with Gasteiger partial charge < -0.3 is 16.0 Å². The minimum absolute atomic E-state index is 0.00259. The highest BCUT2D eigenvalue weighted by Gasteiger charge is 2.17. The highest BCUT2D eigenvalue weighted by molar-refractivity contribution is 5.96. The number of likely N-dealkylation sites (tertiary alicyclic amines) is 1. The van der Waals surface area contributed by atoms with Gasteiger partial charge in [-0.3, -0.25) is 9.59 Å². The molecule has 5 heteroatoms. The van der Waals surface area contributed by atoms with Crippen molar-refractivity contribution in [2.45, 2.75) is 25.7 Å². The van der Waals surface area contributed by atoms with Gasteiger partial charge in [0, 0.05) is 18.7 Å². The van der Waals surface area contributed by atoms with Crippen molar-refractivity contribution < 1.29 is 9.59 Å². The Balaban J connectivity index is 1.82. The molecule has 5 nitrogen and oxygen atoms in total. The maximum atomic E-state index is 12.0. The topological polar surface area (TPSA) is 75.4 Å². The number of carbonyl (C=O) groups is 2. The Morgan fingerprint density at radius 1 is 1.10 bits per heavy atom. The van der Waals surface area contributed by atoms with Gasteiger partial charge in [0.25, 0.3) is 5.91 Å². The van der Waals surface area contributed by atoms with Crippen LogP contribution in [-0.2, 0) is 11.2 Å². The molecule has 0 unspecified atom stereocenters. The third-order valence-corrected chi connectivity index (χ3v) is 3.76. The molecule has 21 heavy (non-hydrogen) atoms. The number of piperidine rings is 1. The van der Waals surface area contributed by atoms with E-state index in [0.717, 1.165) is 37.9 Å². The lowest BCUT2D eigenvalue weighted by molar-refractivity contribution is -0.130. The van der Waals surface area contributed by atoms with Gasteiger partial charge in [0.2, 0.25) is 5.91 Å². The van der Waals surface area contributed by atoms with E-state index in [4.69, 9.17) is 5.73 Å². The van der Waals surface area contributed by atoms with Gasteiger partial charge in [-0.05, 0) is 49.9 Å². The Morgan fingerprint density at radius 3 is 2.38 bits per heavy atom. The number of amides is 2. The molecule has 3 N–H and O–H groups in total. The molecule has 1 aromatic rings. The minimum Gasteiger partial charge on any atom is -0.343 e. The van der Waals surface area contributed by atoms with Crippen molar-refractivity contribution in [3.63, 3.8) is 0 Å². The summed E-state index contributed by atoms with van der Waals surface area (Å²) in [5.41, 5.74) is 7.17. The van der Waals surface area contributed by atoms with E-state index < -0.39 is 0 Å². The van der Waals surface area contributed by atoms with Crippen molar-refractivity contribution in [1.82, 2.24) is 10.2 Å². The van der Waals surface area contributed by atoms with E-state index in [1.54, 1.807) is 12.1 Å². The number of carbonyl (C=O) groups excluding carboxylic acids is 2. The standard InChI is InChI=1S/C16H23N3O2/c17-9-8-13-4-6-14(7-5-13)16(21)18-12-15(20)19-10-2-1-3-11-19/h4-7H,1-3,8-12,17H2,(H,18,21). The van der Waals surface area contributed by atoms with Crippen molar-refractivity contribution in [2.75, 3.05) is 26.2 Å². The molecule has 1 aromatic carbocycles. The van der Waals surface area contributed by atoms with Crippen molar-refractivity contribution >= 4 is 11.8 Å². The maximum absolute atomic E-state index is 12.0. The van der Waals surface area contributed by atoms with Crippen molar-refractivity contribution in [1.29, 1.82) is 0 Å². The Labute approximate surface area is 125 Å². The largest absolute Gasteiger partial charge is 0.343 e. The monoisotopic (exact) mass is 289 g/mol. The predicted octanol–water partition coefficient (Wildman–Crippen LogP) is 0.930. The molecule has 1 heterocycles. The number of hydrogen-bond acceptors (Lipinski definition) is 3. The predicted molar refractivity (Wildman–Crippen MR) is 82.0 cm³/mol. The maximum Gasteiger partial charge on any atom is 0.251 e. The summed E-state index contributed by atoms with van der Waals surface area (Å²) in [6.45, 7) is 2.28. The van der Waals surface area contributed by atoms with Gasteiger partial charge >= 0.3 is 0 Å². The Kier molecular flexibility index (Phi) is 5.75. The lowest BCUT2D eigenvalue weighted by Gasteiger charge is -2.26. The fraction of sp³-hybridized carbons (Fsp3) is 0.500. The minimum atomic E-state index is -0.209. The van der Waals surface area contributed by atoms with E-state index in [2.05, 4.69) is 5.32 Å². The molecule has 1 fully saturated rings. The summed E-state index contributed by atoms with van der Waals surface area (Å²) in [6, 6.07) is 7.33. The Morgan fingerprint density at radius 2 is 1.76 bits per heavy atom. The van der Waals surface area contributed by atoms with Crippen LogP contribution in [0.15, 0.2) is 24.3 Å². The van der Waals surface area contributed by atoms with Crippen molar-refractivity contribution in [3.05, 3.63) is 35.4 Å². The first-order chi connectivity index (χ1) is 10.2. The molecule has 2 amide bonds. The molecule has 0 spiro atoms. The summed E-state index contributed by atoms with van der Waals surface area (Å²) in [6.07, 6.45) is 4.10. The van der Waals surface area contributed by atoms with Crippen molar-refractivity contribution in [2.24, 2.45) is 5.73 Å². The van der Waals surface area contributed by atoms with E-state index >= 15 is 0 Å². The van der Waals surface area contributed by atoms with Gasteiger partial charge in [-0.15, -0.1) is 0 Å². The number of nitrogens with one attached hydrogen (secondary N) is 1. The summed E-state index contributed by atoms with van der Waals surface area (Å²) in [4.78, 5) is 25.8. The molecule has 0 aromatic heterocycles. The van der Waals surface area contributed by atoms with Crippen LogP contribution in [0.5, 0.6) is 0 Å². The third-order valence-electron chi connectivity index (χ3n) is 3.76. The quantitative estimate of drug-likeness (QED) is 0.846. The molecule has 0 aliphatic carbocycles. The second-order valence-electron chi connectivity index (χ2n) is 5.36. The zero-order chi connectivity index (χ0) is 15.1. The first kappa shape index (κ1) is 15.5. The van der Waals surface area contributed by atoms with Gasteiger partial charge in [-0.25, -0.2) is 0 Å². The number of nitrogens with zero attached hydrogens (tertiary/aromatic N) is 1. The third kappa shape index (κ3) is 4.56. The van der Waals surface area contributed by atoms with Crippen LogP contribution in [0.25, 0.3) is 0 Å². The summed E-state index contributed by atoms with van der Waals surface area (Å²) >= 11 is 0. The molecule has 2 rings (SSSR count). The molecule has 0 bridgehead atoms. The molecule has 0 saturated carbocycles. The Hall–Kier alpha value is -1.88. The van der Waals surface area contributed by atoms with E-state index in [1.165, 1.54) is 6.42 Å². The molecule has 1 aliphatic rings. The summed E-state index contributed by atoms with van der Waals surface area (Å²) in [5.74, 6) is -0.206. The van der Waals surface area contributed by atoms with Crippen LogP contribution in [0.4, 0.5) is 0 Å². The molecule has 0 radical (unpaired) electrons. The van der Waals surface area contributed by atoms with Gasteiger partial charge in [0.05, 0.1) is 6.54 Å². The van der Waals surface area contributed by atoms with Gasteiger partial charge in [0.1, 0.15) is 0 Å². The smallest absolute Gasteiger partial charge is 0.251 e. The first-order valence-corrected chi connectivity index (χ1v) is 7.55. The summed E-state index contributed by atoms with van der Waals surface area (Å²) in [5, 5.41) is 2.69. The van der Waals surface area contributed by atoms with E-state index in [-0.39, 0.29) is 18.4 Å². The van der Waals surface area contributed by atoms with Gasteiger partial charge in [-0.1, -0.05) is 12.1 Å². The zero-order valence-corrected chi connectivity index (χ0v) is 12.3. The number of benzene rings is 1. The van der Waals surface area contributed by atoms with Gasteiger partial charge in [-0.2, -0.15) is 0 Å². The number of rotatable bonds is 5. The van der Waals surface area contributed by atoms with Crippen LogP contribution in [0.3, 0.4) is 0 Å². The van der Waals surface area contributed by atoms with E-state index in [1.807, 2.05) is 17.0 Å². The molecule has 1 saturated heterocycles. The van der Waals surface area contributed by atoms with Crippen LogP contribution in [0.2, 0.25) is 0 Å². The lowest BCUT2D eigenvalue weighted by atomic mass is 10.1. The first-order valence-electron chi connectivity index (χ1n) is 7.55. The van der Waals surface area contributed by atoms with Crippen LogP contribution < -0.4 is 11.1 Å². The number of nitrogens with two attached hydrogens (primary N) is 1. The normalized spacial score (nSPS) is 14.8. The zero-order valence-electron chi connectivity index (χ0n) is 12.3. The summed E-state index contributed by atoms with van der Waals surface area (Å²) < 4.78 is 0. The van der Waals surface area contributed by atoms with Crippen molar-refractivity contribution in [3.8, 4) is 0 Å². The summed E-state index contributed by atoms with van der Waals surface area (Å²) in [7, 11) is 0. The highest BCUT2D eigenvalue weighted by Crippen LogP contribution is 2.08. The Bertz CT molecular complexity index is 479. The fourth-order valence-corrected chi connectivity index (χ4v) is 2.50. The molecule has 114 valence electrons. The van der Waals surface area contributed by atoms with Gasteiger partial charge in [0.15, 0.2) is 0 Å². The van der Waals surface area contributed by atoms with Crippen LogP contribution >= 0.6 is 0 Å². The molecule has 0 atom stereocenters. The fourth-order valence-electron chi connectivity index (χ4n) is 2.50. The molecule has 1 aliphatic heterocycles. The van der Waals surface area contributed by atoms with E-state index in [0.29, 0.717) is 12.1 Å². The van der Waals surface area contributed by atoms with Crippen LogP contribution in [-0.4, -0.2) is 42.9 Å². The van der Waals surface area contributed by atoms with E-state index in [9.17, 15) is 9.59 Å². The second-order valence-corrected chi connectivity index (χ2v) is 5.36. The average molecular weight is 289 g/mol. The lowest BCUT2D eigenvalue weighted by Crippen LogP contribution is -2.42. The second kappa shape index (κ2) is 7.78. The SMILES string of the molecule is NCCc1ccc(C(=O)NCC(=O)N2CCCCC2)cc1. The van der Waals surface area contributed by atoms with Crippen LogP contribution in [0.1, 0.15) is 35.2 Å². The molecular weight excluding hydrogens is 266 g/mol. The molecular formula is C16H23N3O2. The number of hydrogen-bond donors (Lipinski definition) is 2.